The first-order valence-corrected chi connectivity index (χ1v) is 6.27. The van der Waals surface area contributed by atoms with E-state index in [9.17, 15) is 23.9 Å². The molecule has 8 nitrogen and oxygen atoms in total. The fourth-order valence-electron chi connectivity index (χ4n) is 1.96. The summed E-state index contributed by atoms with van der Waals surface area (Å²) >= 11 is 0. The zero-order valence-electron chi connectivity index (χ0n) is 11.9. The fraction of sp³-hybridized carbons (Fsp3) is 0.750. The summed E-state index contributed by atoms with van der Waals surface area (Å²) in [6, 6.07) is -1.39. The van der Waals surface area contributed by atoms with E-state index < -0.39 is 55.2 Å². The predicted octanol–water partition coefficient (Wildman–Crippen LogP) is -0.959. The molecule has 1 amide bonds. The molecule has 0 aromatic heterocycles. The van der Waals surface area contributed by atoms with E-state index in [-0.39, 0.29) is 0 Å². The highest BCUT2D eigenvalue weighted by atomic mass is 19.1. The monoisotopic (exact) mass is 307 g/mol. The van der Waals surface area contributed by atoms with E-state index in [4.69, 9.17) is 9.47 Å². The number of carbonyl (C=O) groups excluding carboxylic acids is 3. The van der Waals surface area contributed by atoms with Gasteiger partial charge in [-0.05, 0) is 0 Å². The second kappa shape index (κ2) is 7.32. The van der Waals surface area contributed by atoms with E-state index in [1.54, 1.807) is 0 Å². The smallest absolute Gasteiger partial charge is 0.303 e. The predicted molar refractivity (Wildman–Crippen MR) is 65.6 cm³/mol. The Morgan fingerprint density at radius 3 is 2.33 bits per heavy atom. The van der Waals surface area contributed by atoms with Crippen LogP contribution in [0.1, 0.15) is 20.8 Å². The number of nitrogens with one attached hydrogen (secondary N) is 1. The number of hydrogen-bond acceptors (Lipinski definition) is 7. The number of esters is 2. The highest BCUT2D eigenvalue weighted by molar-refractivity contribution is 5.73. The van der Waals surface area contributed by atoms with Crippen molar-refractivity contribution < 1.29 is 38.1 Å². The lowest BCUT2D eigenvalue weighted by molar-refractivity contribution is -0.250. The maximum absolute atomic E-state index is 14.4. The third-order valence-corrected chi connectivity index (χ3v) is 2.77. The van der Waals surface area contributed by atoms with Crippen molar-refractivity contribution in [3.8, 4) is 0 Å². The van der Waals surface area contributed by atoms with Gasteiger partial charge in [-0.3, -0.25) is 14.4 Å². The lowest BCUT2D eigenvalue weighted by atomic mass is 9.98. The third-order valence-electron chi connectivity index (χ3n) is 2.77. The molecule has 1 heterocycles. The summed E-state index contributed by atoms with van der Waals surface area (Å²) in [4.78, 5) is 32.8. The number of rotatable bonds is 4. The molecule has 0 radical (unpaired) electrons. The van der Waals surface area contributed by atoms with Crippen LogP contribution in [0.25, 0.3) is 0 Å². The summed E-state index contributed by atoms with van der Waals surface area (Å²) in [5, 5.41) is 11.9. The molecule has 0 aromatic carbocycles. The molecule has 1 rings (SSSR count). The minimum atomic E-state index is -1.91. The fourth-order valence-corrected chi connectivity index (χ4v) is 1.96. The molecular weight excluding hydrogens is 289 g/mol. The standard InChI is InChI=1S/C12H18FNO7/c1-5(15)14-10-9(13)11(20-7(3)17)8(21-12(10)18)4-19-6(2)16/h8-12,18H,4H2,1-3H3,(H,14,15)/t8?,9?,10?,11-,12-/m1/s1. The number of ether oxygens (including phenoxy) is 3. The van der Waals surface area contributed by atoms with Gasteiger partial charge in [-0.25, -0.2) is 4.39 Å². The number of hydrogen-bond donors (Lipinski definition) is 2. The maximum Gasteiger partial charge on any atom is 0.303 e. The average molecular weight is 307 g/mol. The molecule has 0 saturated carbocycles. The Morgan fingerprint density at radius 1 is 1.24 bits per heavy atom. The molecule has 0 spiro atoms. The van der Waals surface area contributed by atoms with Crippen molar-refractivity contribution in [3.63, 3.8) is 0 Å². The Hall–Kier alpha value is -1.74. The van der Waals surface area contributed by atoms with Crippen LogP contribution in [0.3, 0.4) is 0 Å². The van der Waals surface area contributed by atoms with Crippen molar-refractivity contribution in [2.75, 3.05) is 6.61 Å². The number of aliphatic hydroxyl groups is 1. The first-order chi connectivity index (χ1) is 9.72. The lowest BCUT2D eigenvalue weighted by Gasteiger charge is -2.40. The van der Waals surface area contributed by atoms with Crippen LogP contribution in [0.2, 0.25) is 0 Å². The van der Waals surface area contributed by atoms with E-state index in [1.807, 2.05) is 0 Å². The summed E-state index contributed by atoms with van der Waals surface area (Å²) in [5.74, 6) is -1.98. The molecule has 0 bridgehead atoms. The Morgan fingerprint density at radius 2 is 1.86 bits per heavy atom. The molecule has 9 heteroatoms. The molecule has 1 saturated heterocycles. The van der Waals surface area contributed by atoms with Gasteiger partial charge >= 0.3 is 11.9 Å². The molecule has 120 valence electrons. The van der Waals surface area contributed by atoms with Crippen LogP contribution in [0, 0.1) is 0 Å². The maximum atomic E-state index is 14.4. The Balaban J connectivity index is 2.86. The molecule has 0 aromatic rings. The zero-order chi connectivity index (χ0) is 16.2. The van der Waals surface area contributed by atoms with Crippen LogP contribution < -0.4 is 5.32 Å². The molecule has 21 heavy (non-hydrogen) atoms. The van der Waals surface area contributed by atoms with Crippen LogP contribution in [-0.2, 0) is 28.6 Å². The largest absolute Gasteiger partial charge is 0.463 e. The SMILES string of the molecule is CC(=O)NC1C(F)[C@H](OC(C)=O)C(COC(C)=O)O[C@H]1O. The van der Waals surface area contributed by atoms with Crippen molar-refractivity contribution in [2.45, 2.75) is 51.5 Å². The molecule has 1 aliphatic rings. The van der Waals surface area contributed by atoms with Gasteiger partial charge in [-0.15, -0.1) is 0 Å². The van der Waals surface area contributed by atoms with E-state index in [2.05, 4.69) is 10.1 Å². The third kappa shape index (κ3) is 4.94. The second-order valence-electron chi connectivity index (χ2n) is 4.61. The summed E-state index contributed by atoms with van der Waals surface area (Å²) in [7, 11) is 0. The Kier molecular flexibility index (Phi) is 6.03. The van der Waals surface area contributed by atoms with Crippen molar-refractivity contribution in [1.29, 1.82) is 0 Å². The van der Waals surface area contributed by atoms with E-state index in [1.165, 1.54) is 0 Å². The van der Waals surface area contributed by atoms with Crippen molar-refractivity contribution >= 4 is 17.8 Å². The van der Waals surface area contributed by atoms with Crippen LogP contribution in [0.15, 0.2) is 0 Å². The average Bonchev–Trinajstić information content (AvgIpc) is 2.35. The van der Waals surface area contributed by atoms with E-state index in [0.29, 0.717) is 0 Å². The molecular formula is C12H18FNO7. The Bertz CT molecular complexity index is 414. The Labute approximate surface area is 120 Å². The highest BCUT2D eigenvalue weighted by Gasteiger charge is 2.48. The molecule has 5 atom stereocenters. The second-order valence-corrected chi connectivity index (χ2v) is 4.61. The van der Waals surface area contributed by atoms with Gasteiger partial charge in [0.25, 0.3) is 0 Å². The molecule has 1 fully saturated rings. The highest BCUT2D eigenvalue weighted by Crippen LogP contribution is 2.25. The van der Waals surface area contributed by atoms with E-state index >= 15 is 0 Å². The number of halogens is 1. The van der Waals surface area contributed by atoms with Crippen LogP contribution in [-0.4, -0.2) is 60.3 Å². The summed E-state index contributed by atoms with van der Waals surface area (Å²) in [5.41, 5.74) is 0. The van der Waals surface area contributed by atoms with E-state index in [0.717, 1.165) is 20.8 Å². The number of carbonyl (C=O) groups is 3. The summed E-state index contributed by atoms with van der Waals surface area (Å²) in [6.45, 7) is 2.98. The van der Waals surface area contributed by atoms with Crippen LogP contribution >= 0.6 is 0 Å². The zero-order valence-corrected chi connectivity index (χ0v) is 11.9. The van der Waals surface area contributed by atoms with Crippen molar-refractivity contribution in [2.24, 2.45) is 0 Å². The minimum Gasteiger partial charge on any atom is -0.463 e. The summed E-state index contributed by atoms with van der Waals surface area (Å²) in [6.07, 6.45) is -6.16. The number of aliphatic hydroxyl groups excluding tert-OH is 1. The molecule has 1 aliphatic heterocycles. The lowest BCUT2D eigenvalue weighted by Crippen LogP contribution is -2.63. The molecule has 3 unspecified atom stereocenters. The van der Waals surface area contributed by atoms with Crippen LogP contribution in [0.4, 0.5) is 4.39 Å². The number of alkyl halides is 1. The van der Waals surface area contributed by atoms with Crippen molar-refractivity contribution in [3.05, 3.63) is 0 Å². The van der Waals surface area contributed by atoms with Gasteiger partial charge in [0, 0.05) is 20.8 Å². The molecule has 0 aliphatic carbocycles. The van der Waals surface area contributed by atoms with Crippen LogP contribution in [0.5, 0.6) is 0 Å². The molecule has 2 N–H and O–H groups in total. The van der Waals surface area contributed by atoms with Gasteiger partial charge in [0.1, 0.15) is 18.8 Å². The first-order valence-electron chi connectivity index (χ1n) is 6.27. The van der Waals surface area contributed by atoms with Gasteiger partial charge in [0.15, 0.2) is 18.6 Å². The van der Waals surface area contributed by atoms with Gasteiger partial charge in [0.2, 0.25) is 5.91 Å². The topological polar surface area (TPSA) is 111 Å². The quantitative estimate of drug-likeness (QED) is 0.643. The first kappa shape index (κ1) is 17.3. The minimum absolute atomic E-state index is 0.391. The van der Waals surface area contributed by atoms with Gasteiger partial charge in [-0.1, -0.05) is 0 Å². The van der Waals surface area contributed by atoms with Gasteiger partial charge in [0.05, 0.1) is 0 Å². The number of amides is 1. The van der Waals surface area contributed by atoms with Gasteiger partial charge < -0.3 is 24.6 Å². The van der Waals surface area contributed by atoms with Gasteiger partial charge in [-0.2, -0.15) is 0 Å². The normalized spacial score (nSPS) is 32.1. The van der Waals surface area contributed by atoms with Crippen molar-refractivity contribution in [1.82, 2.24) is 5.32 Å². The summed E-state index contributed by atoms with van der Waals surface area (Å²) < 4.78 is 29.0.